The zero-order valence-corrected chi connectivity index (χ0v) is 13.1. The van der Waals surface area contributed by atoms with Gasteiger partial charge in [0.2, 0.25) is 5.91 Å². The molecular formula is C12H22ClN3O2S. The zero-order chi connectivity index (χ0) is 13.3. The summed E-state index contributed by atoms with van der Waals surface area (Å²) in [4.78, 5) is 27.1. The van der Waals surface area contributed by atoms with E-state index in [0.717, 1.165) is 12.2 Å². The number of nitrogens with zero attached hydrogens (tertiary/aromatic N) is 2. The van der Waals surface area contributed by atoms with Crippen LogP contribution in [0.3, 0.4) is 0 Å². The first-order chi connectivity index (χ1) is 8.40. The van der Waals surface area contributed by atoms with E-state index in [1.165, 1.54) is 11.8 Å². The van der Waals surface area contributed by atoms with Gasteiger partial charge in [0.25, 0.3) is 5.24 Å². The van der Waals surface area contributed by atoms with Crippen molar-refractivity contribution in [1.29, 1.82) is 0 Å². The second kappa shape index (κ2) is 6.33. The SMILES string of the molecule is CC1(C)CN(C(=O)CN2CCSC2=O)CCC1N.Cl. The first-order valence-corrected chi connectivity index (χ1v) is 7.34. The summed E-state index contributed by atoms with van der Waals surface area (Å²) >= 11 is 1.29. The molecule has 19 heavy (non-hydrogen) atoms. The molecule has 2 amide bonds. The van der Waals surface area contributed by atoms with E-state index in [1.807, 2.05) is 4.90 Å². The van der Waals surface area contributed by atoms with Gasteiger partial charge in [-0.15, -0.1) is 12.4 Å². The fraction of sp³-hybridized carbons (Fsp3) is 0.833. The second-order valence-electron chi connectivity index (χ2n) is 5.73. The molecule has 2 aliphatic heterocycles. The molecule has 1 atom stereocenters. The van der Waals surface area contributed by atoms with Crippen LogP contribution in [-0.4, -0.2) is 58.9 Å². The van der Waals surface area contributed by atoms with Crippen LogP contribution in [0.15, 0.2) is 0 Å². The molecule has 2 rings (SSSR count). The largest absolute Gasteiger partial charge is 0.341 e. The maximum Gasteiger partial charge on any atom is 0.282 e. The lowest BCUT2D eigenvalue weighted by atomic mass is 9.79. The fourth-order valence-corrected chi connectivity index (χ4v) is 3.24. The molecule has 0 saturated carbocycles. The van der Waals surface area contributed by atoms with Gasteiger partial charge < -0.3 is 15.5 Å². The molecule has 110 valence electrons. The minimum absolute atomic E-state index is 0. The molecule has 1 unspecified atom stereocenters. The predicted octanol–water partition coefficient (Wildman–Crippen LogP) is 1.16. The normalized spacial score (nSPS) is 26.3. The van der Waals surface area contributed by atoms with Crippen LogP contribution in [0.4, 0.5) is 4.79 Å². The molecule has 2 N–H and O–H groups in total. The molecule has 0 radical (unpaired) electrons. The Hall–Kier alpha value is -0.460. The summed E-state index contributed by atoms with van der Waals surface area (Å²) < 4.78 is 0. The van der Waals surface area contributed by atoms with Crippen LogP contribution in [0, 0.1) is 5.41 Å². The number of carbonyl (C=O) groups is 2. The number of piperidine rings is 1. The van der Waals surface area contributed by atoms with Gasteiger partial charge >= 0.3 is 0 Å². The van der Waals surface area contributed by atoms with Gasteiger partial charge in [0.15, 0.2) is 0 Å². The standard InChI is InChI=1S/C12H21N3O2S.ClH/c1-12(2)8-15(4-3-9(12)13)10(16)7-14-5-6-18-11(14)17;/h9H,3-8,13H2,1-2H3;1H. The van der Waals surface area contributed by atoms with E-state index in [-0.39, 0.29) is 41.6 Å². The molecule has 2 saturated heterocycles. The molecule has 7 heteroatoms. The van der Waals surface area contributed by atoms with Crippen LogP contribution in [-0.2, 0) is 4.79 Å². The van der Waals surface area contributed by atoms with Crippen molar-refractivity contribution in [2.45, 2.75) is 26.3 Å². The van der Waals surface area contributed by atoms with E-state index >= 15 is 0 Å². The number of halogens is 1. The Morgan fingerprint density at radius 3 is 2.68 bits per heavy atom. The van der Waals surface area contributed by atoms with Crippen molar-refractivity contribution in [3.05, 3.63) is 0 Å². The molecule has 2 heterocycles. The Morgan fingerprint density at radius 2 is 2.16 bits per heavy atom. The molecule has 2 aliphatic rings. The van der Waals surface area contributed by atoms with Gasteiger partial charge in [0.1, 0.15) is 6.54 Å². The topological polar surface area (TPSA) is 66.6 Å². The second-order valence-corrected chi connectivity index (χ2v) is 6.78. The Bertz CT molecular complexity index is 365. The molecule has 2 fully saturated rings. The highest BCUT2D eigenvalue weighted by molar-refractivity contribution is 8.13. The number of rotatable bonds is 2. The maximum atomic E-state index is 12.2. The van der Waals surface area contributed by atoms with Gasteiger partial charge in [-0.05, 0) is 11.8 Å². The van der Waals surface area contributed by atoms with Gasteiger partial charge in [0, 0.05) is 31.4 Å². The van der Waals surface area contributed by atoms with Gasteiger partial charge in [-0.25, -0.2) is 0 Å². The molecule has 5 nitrogen and oxygen atoms in total. The van der Waals surface area contributed by atoms with Crippen molar-refractivity contribution in [2.75, 3.05) is 31.9 Å². The lowest BCUT2D eigenvalue weighted by Crippen LogP contribution is -2.55. The third kappa shape index (κ3) is 3.77. The highest BCUT2D eigenvalue weighted by Crippen LogP contribution is 2.28. The number of carbonyl (C=O) groups excluding carboxylic acids is 2. The summed E-state index contributed by atoms with van der Waals surface area (Å²) in [6.07, 6.45) is 0.835. The molecule has 0 aromatic heterocycles. The summed E-state index contributed by atoms with van der Waals surface area (Å²) in [6.45, 7) is 6.48. The highest BCUT2D eigenvalue weighted by Gasteiger charge is 2.36. The monoisotopic (exact) mass is 307 g/mol. The number of thioether (sulfide) groups is 1. The minimum atomic E-state index is -0.0440. The average molecular weight is 308 g/mol. The van der Waals surface area contributed by atoms with Gasteiger partial charge in [-0.2, -0.15) is 0 Å². The van der Waals surface area contributed by atoms with Crippen molar-refractivity contribution in [3.63, 3.8) is 0 Å². The summed E-state index contributed by atoms with van der Waals surface area (Å²) in [5, 5.41) is 0.0244. The van der Waals surface area contributed by atoms with Crippen LogP contribution in [0.25, 0.3) is 0 Å². The fourth-order valence-electron chi connectivity index (χ4n) is 2.42. The third-order valence-electron chi connectivity index (χ3n) is 3.84. The van der Waals surface area contributed by atoms with E-state index in [9.17, 15) is 9.59 Å². The summed E-state index contributed by atoms with van der Waals surface area (Å²) in [5.74, 6) is 0.841. The van der Waals surface area contributed by atoms with Crippen molar-refractivity contribution in [1.82, 2.24) is 9.80 Å². The van der Waals surface area contributed by atoms with Crippen molar-refractivity contribution in [2.24, 2.45) is 11.1 Å². The number of hydrogen-bond acceptors (Lipinski definition) is 4. The first kappa shape index (κ1) is 16.6. The number of nitrogens with two attached hydrogens (primary N) is 1. The van der Waals surface area contributed by atoms with Gasteiger partial charge in [-0.1, -0.05) is 25.6 Å². The summed E-state index contributed by atoms with van der Waals surface area (Å²) in [6, 6.07) is 0.144. The molecule has 0 aromatic carbocycles. The minimum Gasteiger partial charge on any atom is -0.341 e. The first-order valence-electron chi connectivity index (χ1n) is 6.35. The van der Waals surface area contributed by atoms with E-state index in [1.54, 1.807) is 4.90 Å². The highest BCUT2D eigenvalue weighted by atomic mass is 35.5. The third-order valence-corrected chi connectivity index (χ3v) is 4.73. The van der Waals surface area contributed by atoms with E-state index < -0.39 is 0 Å². The molecule has 0 spiro atoms. The van der Waals surface area contributed by atoms with E-state index in [2.05, 4.69) is 13.8 Å². The lowest BCUT2D eigenvalue weighted by Gasteiger charge is -2.42. The Morgan fingerprint density at radius 1 is 1.47 bits per heavy atom. The van der Waals surface area contributed by atoms with Crippen LogP contribution in [0.2, 0.25) is 0 Å². The average Bonchev–Trinajstić information content (AvgIpc) is 2.68. The molecule has 0 aliphatic carbocycles. The Balaban J connectivity index is 0.00000180. The smallest absolute Gasteiger partial charge is 0.282 e. The maximum absolute atomic E-state index is 12.2. The Labute approximate surface area is 124 Å². The van der Waals surface area contributed by atoms with Crippen LogP contribution in [0.5, 0.6) is 0 Å². The Kier molecular flexibility index (Phi) is 5.53. The number of likely N-dealkylation sites (tertiary alicyclic amines) is 1. The zero-order valence-electron chi connectivity index (χ0n) is 11.4. The lowest BCUT2D eigenvalue weighted by molar-refractivity contribution is -0.135. The van der Waals surface area contributed by atoms with E-state index in [4.69, 9.17) is 5.73 Å². The number of amides is 2. The van der Waals surface area contributed by atoms with Crippen LogP contribution in [0.1, 0.15) is 20.3 Å². The number of hydrogen-bond donors (Lipinski definition) is 1. The summed E-state index contributed by atoms with van der Waals surface area (Å²) in [5.41, 5.74) is 6.01. The van der Waals surface area contributed by atoms with Crippen LogP contribution >= 0.6 is 24.2 Å². The predicted molar refractivity (Wildman–Crippen MR) is 79.6 cm³/mol. The van der Waals surface area contributed by atoms with Crippen molar-refractivity contribution in [3.8, 4) is 0 Å². The molecule has 0 bridgehead atoms. The quantitative estimate of drug-likeness (QED) is 0.831. The molecular weight excluding hydrogens is 286 g/mol. The molecule has 0 aromatic rings. The van der Waals surface area contributed by atoms with Crippen molar-refractivity contribution < 1.29 is 9.59 Å². The van der Waals surface area contributed by atoms with E-state index in [0.29, 0.717) is 19.6 Å². The summed E-state index contributed by atoms with van der Waals surface area (Å²) in [7, 11) is 0. The van der Waals surface area contributed by atoms with Gasteiger partial charge in [-0.3, -0.25) is 9.59 Å². The van der Waals surface area contributed by atoms with Crippen molar-refractivity contribution >= 4 is 35.3 Å². The van der Waals surface area contributed by atoms with Gasteiger partial charge in [0.05, 0.1) is 0 Å². The van der Waals surface area contributed by atoms with Crippen LogP contribution < -0.4 is 5.73 Å².